The van der Waals surface area contributed by atoms with Gasteiger partial charge in [-0.2, -0.15) is 0 Å². The van der Waals surface area contributed by atoms with Crippen LogP contribution in [0, 0.1) is 5.92 Å². The third-order valence-corrected chi connectivity index (χ3v) is 3.43. The van der Waals surface area contributed by atoms with Crippen molar-refractivity contribution < 1.29 is 14.3 Å². The van der Waals surface area contributed by atoms with Gasteiger partial charge in [-0.05, 0) is 48.8 Å². The maximum absolute atomic E-state index is 11.7. The van der Waals surface area contributed by atoms with Crippen LogP contribution in [0.2, 0.25) is 0 Å². The molecule has 1 aromatic rings. The van der Waals surface area contributed by atoms with Crippen molar-refractivity contribution in [1.29, 1.82) is 0 Å². The molecule has 0 aliphatic heterocycles. The molecule has 0 spiro atoms. The van der Waals surface area contributed by atoms with Gasteiger partial charge in [-0.1, -0.05) is 18.2 Å². The van der Waals surface area contributed by atoms with E-state index in [1.807, 2.05) is 6.92 Å². The van der Waals surface area contributed by atoms with Crippen molar-refractivity contribution in [3.63, 3.8) is 0 Å². The maximum Gasteiger partial charge on any atom is 0.310 e. The fourth-order valence-electron chi connectivity index (χ4n) is 2.29. The molecule has 2 rings (SSSR count). The Kier molecular flexibility index (Phi) is 4.97. The van der Waals surface area contributed by atoms with Crippen LogP contribution in [0.5, 0.6) is 0 Å². The lowest BCUT2D eigenvalue weighted by Crippen LogP contribution is -2.10. The second kappa shape index (κ2) is 6.71. The Bertz CT molecular complexity index is 436. The van der Waals surface area contributed by atoms with Crippen molar-refractivity contribution >= 4 is 5.97 Å². The standard InChI is InChI=1S/C16H22O3/c1-3-19-16(17)10-15-9-13(8-12-4-5-12)6-7-14(15)11-18-2/h6-7,9,12H,3-5,8,10-11H2,1-2H3. The summed E-state index contributed by atoms with van der Waals surface area (Å²) in [5.41, 5.74) is 3.44. The Hall–Kier alpha value is -1.35. The summed E-state index contributed by atoms with van der Waals surface area (Å²) in [5, 5.41) is 0. The molecule has 1 aliphatic carbocycles. The highest BCUT2D eigenvalue weighted by Crippen LogP contribution is 2.33. The first-order valence-electron chi connectivity index (χ1n) is 6.98. The number of rotatable bonds is 7. The second-order valence-electron chi connectivity index (χ2n) is 5.17. The van der Waals surface area contributed by atoms with E-state index in [0.29, 0.717) is 19.6 Å². The van der Waals surface area contributed by atoms with Crippen LogP contribution in [0.4, 0.5) is 0 Å². The molecule has 19 heavy (non-hydrogen) atoms. The van der Waals surface area contributed by atoms with Gasteiger partial charge < -0.3 is 9.47 Å². The second-order valence-corrected chi connectivity index (χ2v) is 5.17. The number of carbonyl (C=O) groups excluding carboxylic acids is 1. The molecule has 0 N–H and O–H groups in total. The molecule has 1 aliphatic rings. The molecule has 104 valence electrons. The Balaban J connectivity index is 2.11. The molecule has 1 fully saturated rings. The van der Waals surface area contributed by atoms with Gasteiger partial charge in [0.1, 0.15) is 0 Å². The van der Waals surface area contributed by atoms with Gasteiger partial charge in [0.25, 0.3) is 0 Å². The minimum absolute atomic E-state index is 0.163. The minimum atomic E-state index is -0.163. The van der Waals surface area contributed by atoms with E-state index in [9.17, 15) is 4.79 Å². The third kappa shape index (κ3) is 4.35. The molecular weight excluding hydrogens is 240 g/mol. The number of benzene rings is 1. The van der Waals surface area contributed by atoms with E-state index in [4.69, 9.17) is 9.47 Å². The lowest BCUT2D eigenvalue weighted by molar-refractivity contribution is -0.142. The molecule has 0 radical (unpaired) electrons. The molecule has 0 amide bonds. The van der Waals surface area contributed by atoms with Crippen molar-refractivity contribution in [2.24, 2.45) is 5.92 Å². The largest absolute Gasteiger partial charge is 0.466 e. The van der Waals surface area contributed by atoms with Crippen LogP contribution in [0.25, 0.3) is 0 Å². The number of methoxy groups -OCH3 is 1. The lowest BCUT2D eigenvalue weighted by Gasteiger charge is -2.11. The molecule has 3 nitrogen and oxygen atoms in total. The number of hydrogen-bond donors (Lipinski definition) is 0. The van der Waals surface area contributed by atoms with E-state index in [2.05, 4.69) is 18.2 Å². The van der Waals surface area contributed by atoms with Gasteiger partial charge in [-0.25, -0.2) is 0 Å². The zero-order chi connectivity index (χ0) is 13.7. The summed E-state index contributed by atoms with van der Waals surface area (Å²) in [4.78, 5) is 11.7. The fraction of sp³-hybridized carbons (Fsp3) is 0.562. The number of ether oxygens (including phenoxy) is 2. The van der Waals surface area contributed by atoms with Crippen LogP contribution in [0.3, 0.4) is 0 Å². The molecule has 0 bridgehead atoms. The van der Waals surface area contributed by atoms with Crippen LogP contribution in [-0.2, 0) is 33.7 Å². The Morgan fingerprint density at radius 2 is 2.11 bits per heavy atom. The van der Waals surface area contributed by atoms with Crippen LogP contribution in [0.1, 0.15) is 36.5 Å². The highest BCUT2D eigenvalue weighted by atomic mass is 16.5. The molecule has 1 saturated carbocycles. The van der Waals surface area contributed by atoms with Gasteiger partial charge in [0.05, 0.1) is 19.6 Å². The van der Waals surface area contributed by atoms with Crippen molar-refractivity contribution in [3.05, 3.63) is 34.9 Å². The van der Waals surface area contributed by atoms with Gasteiger partial charge in [0.2, 0.25) is 0 Å². The molecule has 0 atom stereocenters. The average Bonchev–Trinajstić information content (AvgIpc) is 3.17. The minimum Gasteiger partial charge on any atom is -0.466 e. The monoisotopic (exact) mass is 262 g/mol. The summed E-state index contributed by atoms with van der Waals surface area (Å²) < 4.78 is 10.2. The molecule has 1 aromatic carbocycles. The summed E-state index contributed by atoms with van der Waals surface area (Å²) in [7, 11) is 1.67. The van der Waals surface area contributed by atoms with Crippen LogP contribution in [0.15, 0.2) is 18.2 Å². The van der Waals surface area contributed by atoms with E-state index in [1.54, 1.807) is 7.11 Å². The van der Waals surface area contributed by atoms with Gasteiger partial charge in [-0.15, -0.1) is 0 Å². The SMILES string of the molecule is CCOC(=O)Cc1cc(CC2CC2)ccc1COC. The summed E-state index contributed by atoms with van der Waals surface area (Å²) in [6.45, 7) is 2.80. The van der Waals surface area contributed by atoms with Crippen LogP contribution >= 0.6 is 0 Å². The smallest absolute Gasteiger partial charge is 0.310 e. The van der Waals surface area contributed by atoms with Crippen molar-refractivity contribution in [2.75, 3.05) is 13.7 Å². The predicted molar refractivity (Wildman–Crippen MR) is 73.9 cm³/mol. The topological polar surface area (TPSA) is 35.5 Å². The number of carbonyl (C=O) groups is 1. The first-order chi connectivity index (χ1) is 9.22. The van der Waals surface area contributed by atoms with Crippen LogP contribution in [-0.4, -0.2) is 19.7 Å². The molecule has 0 aromatic heterocycles. The van der Waals surface area contributed by atoms with E-state index in [0.717, 1.165) is 23.5 Å². The van der Waals surface area contributed by atoms with Crippen LogP contribution < -0.4 is 0 Å². The zero-order valence-electron chi connectivity index (χ0n) is 11.8. The average molecular weight is 262 g/mol. The third-order valence-electron chi connectivity index (χ3n) is 3.43. The zero-order valence-corrected chi connectivity index (χ0v) is 11.8. The Morgan fingerprint density at radius 1 is 1.32 bits per heavy atom. The maximum atomic E-state index is 11.7. The summed E-state index contributed by atoms with van der Waals surface area (Å²) in [6.07, 6.45) is 4.15. The normalized spacial score (nSPS) is 14.4. The predicted octanol–water partition coefficient (Wildman–Crippen LogP) is 2.89. The van der Waals surface area contributed by atoms with E-state index < -0.39 is 0 Å². The quantitative estimate of drug-likeness (QED) is 0.709. The highest BCUT2D eigenvalue weighted by molar-refractivity contribution is 5.73. The van der Waals surface area contributed by atoms with Gasteiger partial charge in [0.15, 0.2) is 0 Å². The number of esters is 1. The Morgan fingerprint density at radius 3 is 2.74 bits per heavy atom. The van der Waals surface area contributed by atoms with E-state index in [1.165, 1.54) is 18.4 Å². The molecule has 0 unspecified atom stereocenters. The molecule has 3 heteroatoms. The number of hydrogen-bond acceptors (Lipinski definition) is 3. The van der Waals surface area contributed by atoms with E-state index >= 15 is 0 Å². The molecular formula is C16H22O3. The van der Waals surface area contributed by atoms with Gasteiger partial charge in [-0.3, -0.25) is 4.79 Å². The van der Waals surface area contributed by atoms with Crippen molar-refractivity contribution in [3.8, 4) is 0 Å². The fourth-order valence-corrected chi connectivity index (χ4v) is 2.29. The first-order valence-corrected chi connectivity index (χ1v) is 6.98. The Labute approximate surface area is 114 Å². The van der Waals surface area contributed by atoms with E-state index in [-0.39, 0.29) is 5.97 Å². The first kappa shape index (κ1) is 14.1. The van der Waals surface area contributed by atoms with Crippen molar-refractivity contribution in [2.45, 2.75) is 39.2 Å². The summed E-state index contributed by atoms with van der Waals surface area (Å²) >= 11 is 0. The summed E-state index contributed by atoms with van der Waals surface area (Å²) in [6, 6.07) is 6.38. The van der Waals surface area contributed by atoms with Crippen molar-refractivity contribution in [1.82, 2.24) is 0 Å². The molecule has 0 heterocycles. The van der Waals surface area contributed by atoms with Gasteiger partial charge >= 0.3 is 5.97 Å². The summed E-state index contributed by atoms with van der Waals surface area (Å²) in [5.74, 6) is 0.687. The van der Waals surface area contributed by atoms with Gasteiger partial charge in [0, 0.05) is 7.11 Å². The lowest BCUT2D eigenvalue weighted by atomic mass is 9.99. The highest BCUT2D eigenvalue weighted by Gasteiger charge is 2.22. The molecule has 0 saturated heterocycles.